The summed E-state index contributed by atoms with van der Waals surface area (Å²) in [6.45, 7) is 2.02. The highest BCUT2D eigenvalue weighted by molar-refractivity contribution is 5.97. The van der Waals surface area contributed by atoms with Crippen molar-refractivity contribution in [1.29, 1.82) is 0 Å². The molecule has 1 atom stereocenters. The first-order valence-electron chi connectivity index (χ1n) is 9.03. The molecule has 1 aliphatic heterocycles. The predicted octanol–water partition coefficient (Wildman–Crippen LogP) is 3.66. The van der Waals surface area contributed by atoms with Gasteiger partial charge in [-0.25, -0.2) is 4.98 Å². The summed E-state index contributed by atoms with van der Waals surface area (Å²) >= 11 is 0. The van der Waals surface area contributed by atoms with Crippen molar-refractivity contribution in [2.24, 2.45) is 0 Å². The van der Waals surface area contributed by atoms with E-state index in [-0.39, 0.29) is 11.9 Å². The molecule has 0 bridgehead atoms. The van der Waals surface area contributed by atoms with Crippen molar-refractivity contribution in [3.63, 3.8) is 0 Å². The molecule has 0 N–H and O–H groups in total. The van der Waals surface area contributed by atoms with Crippen molar-refractivity contribution in [2.75, 3.05) is 27.2 Å². The molecule has 2 aromatic carbocycles. The third-order valence-electron chi connectivity index (χ3n) is 5.12. The highest BCUT2D eigenvalue weighted by atomic mass is 16.3. The minimum Gasteiger partial charge on any atom is -0.436 e. The Bertz CT molecular complexity index is 919. The van der Waals surface area contributed by atoms with E-state index >= 15 is 0 Å². The Morgan fingerprint density at radius 2 is 2.04 bits per heavy atom. The molecule has 1 saturated heterocycles. The van der Waals surface area contributed by atoms with Crippen LogP contribution in [-0.4, -0.2) is 53.9 Å². The van der Waals surface area contributed by atoms with Crippen molar-refractivity contribution in [2.45, 2.75) is 18.9 Å². The summed E-state index contributed by atoms with van der Waals surface area (Å²) in [6, 6.07) is 15.6. The maximum Gasteiger partial charge on any atom is 0.254 e. The molecule has 1 aromatic heterocycles. The maximum atomic E-state index is 12.9. The Labute approximate surface area is 153 Å². The average molecular weight is 349 g/mol. The highest BCUT2D eigenvalue weighted by Gasteiger charge is 2.25. The molecule has 1 amide bonds. The van der Waals surface area contributed by atoms with E-state index < -0.39 is 0 Å². The van der Waals surface area contributed by atoms with Gasteiger partial charge < -0.3 is 14.2 Å². The number of rotatable bonds is 3. The number of aromatic nitrogens is 1. The molecule has 0 aliphatic carbocycles. The maximum absolute atomic E-state index is 12.9. The number of likely N-dealkylation sites (N-methyl/N-ethyl adjacent to an activating group) is 2. The first-order valence-corrected chi connectivity index (χ1v) is 9.03. The van der Waals surface area contributed by atoms with Gasteiger partial charge in [-0.05, 0) is 56.8 Å². The molecular formula is C21H23N3O2. The van der Waals surface area contributed by atoms with E-state index in [4.69, 9.17) is 4.42 Å². The van der Waals surface area contributed by atoms with Crippen molar-refractivity contribution < 1.29 is 9.21 Å². The third-order valence-corrected chi connectivity index (χ3v) is 5.12. The summed E-state index contributed by atoms with van der Waals surface area (Å²) in [5, 5.41) is 0. The smallest absolute Gasteiger partial charge is 0.254 e. The Morgan fingerprint density at radius 1 is 1.23 bits per heavy atom. The summed E-state index contributed by atoms with van der Waals surface area (Å²) in [4.78, 5) is 21.6. The summed E-state index contributed by atoms with van der Waals surface area (Å²) < 4.78 is 5.90. The topological polar surface area (TPSA) is 49.6 Å². The van der Waals surface area contributed by atoms with Gasteiger partial charge in [0.25, 0.3) is 5.91 Å². The number of carbonyl (C=O) groups is 1. The van der Waals surface area contributed by atoms with E-state index in [0.29, 0.717) is 17.0 Å². The number of likely N-dealkylation sites (tertiary alicyclic amines) is 1. The Morgan fingerprint density at radius 3 is 2.81 bits per heavy atom. The summed E-state index contributed by atoms with van der Waals surface area (Å²) in [6.07, 6.45) is 2.18. The normalized spacial score (nSPS) is 18.2. The van der Waals surface area contributed by atoms with Gasteiger partial charge >= 0.3 is 0 Å². The monoisotopic (exact) mass is 349 g/mol. The lowest BCUT2D eigenvalue weighted by Crippen LogP contribution is -2.47. The summed E-state index contributed by atoms with van der Waals surface area (Å²) in [7, 11) is 4.00. The molecule has 4 rings (SSSR count). The second kappa shape index (κ2) is 6.92. The molecule has 3 aromatic rings. The number of amides is 1. The standard InChI is InChI=1S/C21H23N3O2/c1-23-12-6-9-17(14-23)24(2)21(25)16-10-11-18-19(13-16)26-20(22-18)15-7-4-3-5-8-15/h3-5,7-8,10-11,13,17H,6,9,12,14H2,1-2H3. The van der Waals surface area contributed by atoms with Crippen LogP contribution in [-0.2, 0) is 0 Å². The Balaban J connectivity index is 1.59. The second-order valence-electron chi connectivity index (χ2n) is 7.04. The van der Waals surface area contributed by atoms with Gasteiger partial charge in [0, 0.05) is 30.8 Å². The number of piperidine rings is 1. The van der Waals surface area contributed by atoms with Crippen LogP contribution in [0.25, 0.3) is 22.6 Å². The van der Waals surface area contributed by atoms with E-state index in [1.807, 2.05) is 54.4 Å². The lowest BCUT2D eigenvalue weighted by molar-refractivity contribution is 0.0644. The third kappa shape index (κ3) is 3.22. The van der Waals surface area contributed by atoms with Crippen LogP contribution in [0.4, 0.5) is 0 Å². The lowest BCUT2D eigenvalue weighted by atomic mass is 10.0. The summed E-state index contributed by atoms with van der Waals surface area (Å²) in [5.74, 6) is 0.609. The fourth-order valence-corrected chi connectivity index (χ4v) is 3.59. The number of hydrogen-bond acceptors (Lipinski definition) is 4. The van der Waals surface area contributed by atoms with Gasteiger partial charge in [0.2, 0.25) is 5.89 Å². The lowest BCUT2D eigenvalue weighted by Gasteiger charge is -2.35. The largest absolute Gasteiger partial charge is 0.436 e. The fourth-order valence-electron chi connectivity index (χ4n) is 3.59. The molecule has 0 saturated carbocycles. The first kappa shape index (κ1) is 16.8. The summed E-state index contributed by atoms with van der Waals surface area (Å²) in [5.41, 5.74) is 2.98. The zero-order valence-corrected chi connectivity index (χ0v) is 15.2. The van der Waals surface area contributed by atoms with Gasteiger partial charge in [0.15, 0.2) is 5.58 Å². The predicted molar refractivity (Wildman–Crippen MR) is 102 cm³/mol. The minimum absolute atomic E-state index is 0.0323. The Hall–Kier alpha value is -2.66. The zero-order valence-electron chi connectivity index (χ0n) is 15.2. The molecule has 1 unspecified atom stereocenters. The molecular weight excluding hydrogens is 326 g/mol. The van der Waals surface area contributed by atoms with Crippen molar-refractivity contribution >= 4 is 17.0 Å². The van der Waals surface area contributed by atoms with E-state index in [1.54, 1.807) is 6.07 Å². The zero-order chi connectivity index (χ0) is 18.1. The number of carbonyl (C=O) groups excluding carboxylic acids is 1. The Kier molecular flexibility index (Phi) is 4.47. The SMILES string of the molecule is CN1CCCC(N(C)C(=O)c2ccc3nc(-c4ccccc4)oc3c2)C1. The quantitative estimate of drug-likeness (QED) is 0.724. The number of benzene rings is 2. The van der Waals surface area contributed by atoms with E-state index in [0.717, 1.165) is 37.0 Å². The average Bonchev–Trinajstić information content (AvgIpc) is 3.11. The number of nitrogens with zero attached hydrogens (tertiary/aromatic N) is 3. The molecule has 134 valence electrons. The highest BCUT2D eigenvalue weighted by Crippen LogP contribution is 2.25. The molecule has 1 fully saturated rings. The van der Waals surface area contributed by atoms with Crippen LogP contribution in [0, 0.1) is 0 Å². The second-order valence-corrected chi connectivity index (χ2v) is 7.04. The van der Waals surface area contributed by atoms with Gasteiger partial charge in [0.05, 0.1) is 0 Å². The molecule has 0 radical (unpaired) electrons. The number of hydrogen-bond donors (Lipinski definition) is 0. The van der Waals surface area contributed by atoms with Crippen LogP contribution in [0.15, 0.2) is 52.9 Å². The van der Waals surface area contributed by atoms with Crippen LogP contribution in [0.5, 0.6) is 0 Å². The van der Waals surface area contributed by atoms with Crippen LogP contribution in [0.2, 0.25) is 0 Å². The van der Waals surface area contributed by atoms with Gasteiger partial charge in [-0.15, -0.1) is 0 Å². The van der Waals surface area contributed by atoms with Gasteiger partial charge in [0.1, 0.15) is 5.52 Å². The number of oxazole rings is 1. The van der Waals surface area contributed by atoms with Crippen molar-refractivity contribution in [1.82, 2.24) is 14.8 Å². The first-order chi connectivity index (χ1) is 12.6. The minimum atomic E-state index is 0.0323. The molecule has 5 nitrogen and oxygen atoms in total. The van der Waals surface area contributed by atoms with Crippen LogP contribution >= 0.6 is 0 Å². The van der Waals surface area contributed by atoms with Crippen molar-refractivity contribution in [3.8, 4) is 11.5 Å². The fraction of sp³-hybridized carbons (Fsp3) is 0.333. The van der Waals surface area contributed by atoms with Crippen LogP contribution in [0.3, 0.4) is 0 Å². The van der Waals surface area contributed by atoms with Gasteiger partial charge in [-0.1, -0.05) is 18.2 Å². The molecule has 26 heavy (non-hydrogen) atoms. The van der Waals surface area contributed by atoms with Crippen LogP contribution in [0.1, 0.15) is 23.2 Å². The molecule has 5 heteroatoms. The van der Waals surface area contributed by atoms with E-state index in [2.05, 4.69) is 16.9 Å². The van der Waals surface area contributed by atoms with E-state index in [9.17, 15) is 4.79 Å². The molecule has 0 spiro atoms. The van der Waals surface area contributed by atoms with Gasteiger partial charge in [-0.2, -0.15) is 0 Å². The van der Waals surface area contributed by atoms with Crippen molar-refractivity contribution in [3.05, 3.63) is 54.1 Å². The molecule has 1 aliphatic rings. The van der Waals surface area contributed by atoms with E-state index in [1.165, 1.54) is 0 Å². The van der Waals surface area contributed by atoms with Crippen LogP contribution < -0.4 is 0 Å². The number of fused-ring (bicyclic) bond motifs is 1. The molecule has 2 heterocycles. The van der Waals surface area contributed by atoms with Gasteiger partial charge in [-0.3, -0.25) is 4.79 Å².